The maximum absolute atomic E-state index is 13.7. The maximum atomic E-state index is 13.7. The van der Waals surface area contributed by atoms with Crippen LogP contribution in [0.25, 0.3) is 0 Å². The van der Waals surface area contributed by atoms with Crippen LogP contribution in [0.5, 0.6) is 0 Å². The molecule has 1 aliphatic rings. The van der Waals surface area contributed by atoms with Crippen LogP contribution in [0.2, 0.25) is 0 Å². The first-order valence-electron chi connectivity index (χ1n) is 6.04. The summed E-state index contributed by atoms with van der Waals surface area (Å²) in [7, 11) is 0. The molecule has 0 N–H and O–H groups in total. The normalized spacial score (nSPS) is 27.2. The van der Waals surface area contributed by atoms with Gasteiger partial charge in [0.1, 0.15) is 5.83 Å². The van der Waals surface area contributed by atoms with Crippen LogP contribution in [0.4, 0.5) is 4.39 Å². The van der Waals surface area contributed by atoms with Crippen molar-refractivity contribution in [1.29, 1.82) is 0 Å². The van der Waals surface area contributed by atoms with E-state index in [2.05, 4.69) is 61.3 Å². The van der Waals surface area contributed by atoms with E-state index in [1.54, 1.807) is 6.92 Å². The second-order valence-electron chi connectivity index (χ2n) is 6.26. The first-order chi connectivity index (χ1) is 7.48. The molecule has 0 radical (unpaired) electrons. The molecule has 0 unspecified atom stereocenters. The molecule has 1 fully saturated rings. The molecule has 0 aromatic heterocycles. The van der Waals surface area contributed by atoms with Crippen molar-refractivity contribution in [2.75, 3.05) is 0 Å². The van der Waals surface area contributed by atoms with Gasteiger partial charge in [0.05, 0.1) is 0 Å². The average molecular weight is 238 g/mol. The van der Waals surface area contributed by atoms with Crippen LogP contribution in [-0.4, -0.2) is 0 Å². The molecule has 1 aliphatic carbocycles. The SMILES string of the molecule is C=C.C=C1/C(=C(\C)F)C(C)(C)C(C)(C)C1(C)C. The number of halogens is 1. The number of hydrogen-bond donors (Lipinski definition) is 0. The van der Waals surface area contributed by atoms with Crippen LogP contribution >= 0.6 is 0 Å². The summed E-state index contributed by atoms with van der Waals surface area (Å²) in [6, 6.07) is 0. The van der Waals surface area contributed by atoms with E-state index in [0.717, 1.165) is 11.1 Å². The lowest BCUT2D eigenvalue weighted by molar-refractivity contribution is 0.0745. The van der Waals surface area contributed by atoms with Crippen molar-refractivity contribution in [3.63, 3.8) is 0 Å². The molecule has 0 aromatic carbocycles. The van der Waals surface area contributed by atoms with Gasteiger partial charge in [-0.15, -0.1) is 13.2 Å². The molecule has 98 valence electrons. The molecule has 0 aliphatic heterocycles. The van der Waals surface area contributed by atoms with E-state index in [-0.39, 0.29) is 22.1 Å². The van der Waals surface area contributed by atoms with E-state index in [1.165, 1.54) is 0 Å². The van der Waals surface area contributed by atoms with Crippen molar-refractivity contribution in [2.24, 2.45) is 16.2 Å². The van der Waals surface area contributed by atoms with Crippen LogP contribution in [0.3, 0.4) is 0 Å². The zero-order valence-corrected chi connectivity index (χ0v) is 12.5. The summed E-state index contributed by atoms with van der Waals surface area (Å²) in [6.45, 7) is 24.6. The molecule has 0 atom stereocenters. The van der Waals surface area contributed by atoms with Gasteiger partial charge in [0, 0.05) is 0 Å². The van der Waals surface area contributed by atoms with Crippen LogP contribution in [-0.2, 0) is 0 Å². The van der Waals surface area contributed by atoms with Crippen molar-refractivity contribution in [1.82, 2.24) is 0 Å². The van der Waals surface area contributed by atoms with Gasteiger partial charge >= 0.3 is 0 Å². The summed E-state index contributed by atoms with van der Waals surface area (Å²) < 4.78 is 13.7. The number of rotatable bonds is 0. The minimum absolute atomic E-state index is 0.0137. The fourth-order valence-corrected chi connectivity index (χ4v) is 2.80. The largest absolute Gasteiger partial charge is 0.212 e. The van der Waals surface area contributed by atoms with Gasteiger partial charge in [-0.3, -0.25) is 0 Å². The highest BCUT2D eigenvalue weighted by Gasteiger charge is 2.59. The van der Waals surface area contributed by atoms with Crippen LogP contribution in [0, 0.1) is 16.2 Å². The monoisotopic (exact) mass is 238 g/mol. The van der Waals surface area contributed by atoms with Crippen molar-refractivity contribution < 1.29 is 4.39 Å². The molecule has 0 bridgehead atoms. The van der Waals surface area contributed by atoms with Gasteiger partial charge in [0.2, 0.25) is 0 Å². The Morgan fingerprint density at radius 3 is 1.41 bits per heavy atom. The van der Waals surface area contributed by atoms with E-state index in [0.29, 0.717) is 0 Å². The molecule has 0 amide bonds. The lowest BCUT2D eigenvalue weighted by Crippen LogP contribution is -2.37. The molecule has 0 aromatic rings. The van der Waals surface area contributed by atoms with Gasteiger partial charge in [-0.25, -0.2) is 4.39 Å². The van der Waals surface area contributed by atoms with Gasteiger partial charge in [0.25, 0.3) is 0 Å². The third-order valence-electron chi connectivity index (χ3n) is 5.15. The zero-order chi connectivity index (χ0) is 14.2. The van der Waals surface area contributed by atoms with Crippen molar-refractivity contribution in [2.45, 2.75) is 48.5 Å². The minimum atomic E-state index is -0.160. The van der Waals surface area contributed by atoms with Crippen molar-refractivity contribution in [3.8, 4) is 0 Å². The summed E-state index contributed by atoms with van der Waals surface area (Å²) in [5.41, 5.74) is 1.57. The van der Waals surface area contributed by atoms with Crippen LogP contribution < -0.4 is 0 Å². The van der Waals surface area contributed by atoms with E-state index >= 15 is 0 Å². The minimum Gasteiger partial charge on any atom is -0.212 e. The van der Waals surface area contributed by atoms with Crippen LogP contribution in [0.15, 0.2) is 36.7 Å². The quantitative estimate of drug-likeness (QED) is 0.476. The Labute approximate surface area is 106 Å². The maximum Gasteiger partial charge on any atom is 0.101 e. The Hall–Kier alpha value is -0.850. The lowest BCUT2D eigenvalue weighted by atomic mass is 9.60. The second-order valence-corrected chi connectivity index (χ2v) is 6.26. The molecule has 0 saturated heterocycles. The standard InChI is InChI=1S/C14H23F.C2H4/c1-9-11(10(2)15)13(5,6)14(7,8)12(9,3)4;1-2/h1H2,2-8H3;1-2H2/b11-10-;. The van der Waals surface area contributed by atoms with Gasteiger partial charge < -0.3 is 0 Å². The molecule has 0 heterocycles. The van der Waals surface area contributed by atoms with Gasteiger partial charge in [-0.1, -0.05) is 48.1 Å². The highest BCUT2D eigenvalue weighted by Crippen LogP contribution is 2.67. The number of allylic oxidation sites excluding steroid dienone is 3. The molecule has 0 spiro atoms. The fraction of sp³-hybridized carbons (Fsp3) is 0.625. The Kier molecular flexibility index (Phi) is 4.21. The van der Waals surface area contributed by atoms with Gasteiger partial charge in [0.15, 0.2) is 0 Å². The Morgan fingerprint density at radius 1 is 0.941 bits per heavy atom. The molecule has 1 heteroatoms. The predicted octanol–water partition coefficient (Wildman–Crippen LogP) is 5.68. The van der Waals surface area contributed by atoms with Crippen LogP contribution in [0.1, 0.15) is 48.5 Å². The smallest absolute Gasteiger partial charge is 0.101 e. The Morgan fingerprint density at radius 2 is 1.29 bits per heavy atom. The summed E-state index contributed by atoms with van der Waals surface area (Å²) in [5, 5.41) is 0. The molecular formula is C16H27F. The van der Waals surface area contributed by atoms with Crippen molar-refractivity contribution >= 4 is 0 Å². The lowest BCUT2D eigenvalue weighted by Gasteiger charge is -2.43. The second kappa shape index (κ2) is 4.44. The fourth-order valence-electron chi connectivity index (χ4n) is 2.80. The summed E-state index contributed by atoms with van der Waals surface area (Å²) in [5.74, 6) is -0.0800. The Bertz CT molecular complexity index is 350. The molecule has 0 nitrogen and oxygen atoms in total. The van der Waals surface area contributed by atoms with Crippen molar-refractivity contribution in [3.05, 3.63) is 36.7 Å². The first-order valence-corrected chi connectivity index (χ1v) is 6.04. The number of hydrogen-bond acceptors (Lipinski definition) is 0. The topological polar surface area (TPSA) is 0 Å². The predicted molar refractivity (Wildman–Crippen MR) is 75.5 cm³/mol. The third-order valence-corrected chi connectivity index (χ3v) is 5.15. The molecule has 17 heavy (non-hydrogen) atoms. The zero-order valence-electron chi connectivity index (χ0n) is 12.5. The summed E-state index contributed by atoms with van der Waals surface area (Å²) >= 11 is 0. The van der Waals surface area contributed by atoms with E-state index in [9.17, 15) is 4.39 Å². The van der Waals surface area contributed by atoms with Gasteiger partial charge in [-0.05, 0) is 34.3 Å². The average Bonchev–Trinajstić information content (AvgIpc) is 2.26. The first kappa shape index (κ1) is 16.1. The highest BCUT2D eigenvalue weighted by atomic mass is 19.1. The molecule has 1 rings (SSSR count). The summed E-state index contributed by atoms with van der Waals surface area (Å²) in [6.07, 6.45) is 0. The Balaban J connectivity index is 0.00000121. The highest BCUT2D eigenvalue weighted by molar-refractivity contribution is 5.48. The molecule has 1 saturated carbocycles. The molecular weight excluding hydrogens is 211 g/mol. The summed E-state index contributed by atoms with van der Waals surface area (Å²) in [4.78, 5) is 0. The van der Waals surface area contributed by atoms with E-state index < -0.39 is 0 Å². The van der Waals surface area contributed by atoms with Gasteiger partial charge in [-0.2, -0.15) is 0 Å². The third kappa shape index (κ3) is 1.90. The van der Waals surface area contributed by atoms with E-state index in [1.807, 2.05) is 0 Å². The van der Waals surface area contributed by atoms with E-state index in [4.69, 9.17) is 0 Å².